The Hall–Kier alpha value is -1.22. The number of benzene rings is 1. The van der Waals surface area contributed by atoms with E-state index in [1.54, 1.807) is 0 Å². The summed E-state index contributed by atoms with van der Waals surface area (Å²) in [5, 5.41) is 3.59. The second-order valence-electron chi connectivity index (χ2n) is 5.66. The lowest BCUT2D eigenvalue weighted by Crippen LogP contribution is -2.35. The van der Waals surface area contributed by atoms with Gasteiger partial charge in [0.25, 0.3) is 0 Å². The summed E-state index contributed by atoms with van der Waals surface area (Å²) in [6.07, 6.45) is 5.34. The molecular weight excluding hydrogens is 250 g/mol. The van der Waals surface area contributed by atoms with Gasteiger partial charge in [0, 0.05) is 12.6 Å². The van der Waals surface area contributed by atoms with Crippen molar-refractivity contribution in [1.29, 1.82) is 0 Å². The highest BCUT2D eigenvalue weighted by molar-refractivity contribution is 5.31. The SMILES string of the molecule is CCOc1ccc(OCCNC2CCC(C)CC2)cc1. The summed E-state index contributed by atoms with van der Waals surface area (Å²) >= 11 is 0. The Morgan fingerprint density at radius 1 is 1.00 bits per heavy atom. The van der Waals surface area contributed by atoms with Crippen molar-refractivity contribution >= 4 is 0 Å². The number of hydrogen-bond acceptors (Lipinski definition) is 3. The molecule has 1 fully saturated rings. The van der Waals surface area contributed by atoms with Crippen molar-refractivity contribution in [2.75, 3.05) is 19.8 Å². The van der Waals surface area contributed by atoms with Crippen LogP contribution >= 0.6 is 0 Å². The summed E-state index contributed by atoms with van der Waals surface area (Å²) in [5.41, 5.74) is 0. The van der Waals surface area contributed by atoms with E-state index in [2.05, 4.69) is 12.2 Å². The van der Waals surface area contributed by atoms with Crippen LogP contribution in [0.25, 0.3) is 0 Å². The Morgan fingerprint density at radius 2 is 1.60 bits per heavy atom. The number of ether oxygens (including phenoxy) is 2. The lowest BCUT2D eigenvalue weighted by molar-refractivity contribution is 0.270. The lowest BCUT2D eigenvalue weighted by Gasteiger charge is -2.27. The molecule has 1 saturated carbocycles. The Morgan fingerprint density at radius 3 is 2.20 bits per heavy atom. The monoisotopic (exact) mass is 277 g/mol. The third-order valence-electron chi connectivity index (χ3n) is 3.95. The van der Waals surface area contributed by atoms with Gasteiger partial charge >= 0.3 is 0 Å². The molecule has 20 heavy (non-hydrogen) atoms. The molecule has 0 amide bonds. The van der Waals surface area contributed by atoms with Crippen LogP contribution in [-0.2, 0) is 0 Å². The van der Waals surface area contributed by atoms with Crippen molar-refractivity contribution in [3.63, 3.8) is 0 Å². The highest BCUT2D eigenvalue weighted by Gasteiger charge is 2.17. The van der Waals surface area contributed by atoms with Gasteiger partial charge < -0.3 is 14.8 Å². The molecule has 3 heteroatoms. The zero-order chi connectivity index (χ0) is 14.2. The Bertz CT molecular complexity index is 369. The van der Waals surface area contributed by atoms with Gasteiger partial charge in [-0.25, -0.2) is 0 Å². The topological polar surface area (TPSA) is 30.5 Å². The molecule has 0 saturated heterocycles. The smallest absolute Gasteiger partial charge is 0.119 e. The number of rotatable bonds is 7. The maximum Gasteiger partial charge on any atom is 0.119 e. The molecule has 2 rings (SSSR count). The van der Waals surface area contributed by atoms with Gasteiger partial charge in [-0.1, -0.05) is 6.92 Å². The first-order valence-electron chi connectivity index (χ1n) is 7.87. The van der Waals surface area contributed by atoms with Gasteiger partial charge in [-0.2, -0.15) is 0 Å². The first-order valence-corrected chi connectivity index (χ1v) is 7.87. The molecule has 0 atom stereocenters. The summed E-state index contributed by atoms with van der Waals surface area (Å²) in [6, 6.07) is 8.53. The van der Waals surface area contributed by atoms with Gasteiger partial charge in [-0.3, -0.25) is 0 Å². The average molecular weight is 277 g/mol. The maximum absolute atomic E-state index is 5.73. The Labute approximate surface area is 122 Å². The molecule has 0 radical (unpaired) electrons. The van der Waals surface area contributed by atoms with Crippen molar-refractivity contribution in [2.24, 2.45) is 5.92 Å². The lowest BCUT2D eigenvalue weighted by atomic mass is 9.87. The number of nitrogens with one attached hydrogen (secondary N) is 1. The molecule has 1 aromatic rings. The van der Waals surface area contributed by atoms with Crippen LogP contribution in [0.5, 0.6) is 11.5 Å². The van der Waals surface area contributed by atoms with Gasteiger partial charge in [0.05, 0.1) is 6.61 Å². The molecule has 0 spiro atoms. The first kappa shape index (κ1) is 15.2. The van der Waals surface area contributed by atoms with Crippen LogP contribution < -0.4 is 14.8 Å². The van der Waals surface area contributed by atoms with Gasteiger partial charge in [0.2, 0.25) is 0 Å². The molecule has 0 unspecified atom stereocenters. The van der Waals surface area contributed by atoms with Crippen molar-refractivity contribution in [3.05, 3.63) is 24.3 Å². The van der Waals surface area contributed by atoms with Gasteiger partial charge in [-0.05, 0) is 62.8 Å². The van der Waals surface area contributed by atoms with Crippen molar-refractivity contribution in [1.82, 2.24) is 5.32 Å². The molecule has 1 N–H and O–H groups in total. The first-order chi connectivity index (χ1) is 9.78. The van der Waals surface area contributed by atoms with Gasteiger partial charge in [-0.15, -0.1) is 0 Å². The van der Waals surface area contributed by atoms with Crippen LogP contribution in [0.15, 0.2) is 24.3 Å². The van der Waals surface area contributed by atoms with Crippen LogP contribution in [0.3, 0.4) is 0 Å². The summed E-state index contributed by atoms with van der Waals surface area (Å²) in [4.78, 5) is 0. The molecule has 1 aliphatic carbocycles. The molecular formula is C17H27NO2. The van der Waals surface area contributed by atoms with Gasteiger partial charge in [0.1, 0.15) is 18.1 Å². The van der Waals surface area contributed by atoms with E-state index >= 15 is 0 Å². The van der Waals surface area contributed by atoms with E-state index < -0.39 is 0 Å². The normalized spacial score (nSPS) is 22.5. The Balaban J connectivity index is 1.60. The predicted octanol–water partition coefficient (Wildman–Crippen LogP) is 3.63. The third kappa shape index (κ3) is 5.04. The third-order valence-corrected chi connectivity index (χ3v) is 3.95. The van der Waals surface area contributed by atoms with Crippen LogP contribution in [0.2, 0.25) is 0 Å². The standard InChI is InChI=1S/C17H27NO2/c1-3-19-16-8-10-17(11-9-16)20-13-12-18-15-6-4-14(2)5-7-15/h8-11,14-15,18H,3-7,12-13H2,1-2H3. The summed E-state index contributed by atoms with van der Waals surface area (Å²) in [5.74, 6) is 2.72. The molecule has 3 nitrogen and oxygen atoms in total. The molecule has 0 heterocycles. The van der Waals surface area contributed by atoms with E-state index in [1.807, 2.05) is 31.2 Å². The maximum atomic E-state index is 5.73. The molecule has 0 bridgehead atoms. The van der Waals surface area contributed by atoms with E-state index in [0.717, 1.165) is 30.6 Å². The van der Waals surface area contributed by atoms with Crippen molar-refractivity contribution in [3.8, 4) is 11.5 Å². The second-order valence-corrected chi connectivity index (χ2v) is 5.66. The minimum atomic E-state index is 0.690. The quantitative estimate of drug-likeness (QED) is 0.772. The fourth-order valence-corrected chi connectivity index (χ4v) is 2.69. The highest BCUT2D eigenvalue weighted by atomic mass is 16.5. The zero-order valence-corrected chi connectivity index (χ0v) is 12.7. The minimum Gasteiger partial charge on any atom is -0.494 e. The molecule has 0 aromatic heterocycles. The van der Waals surface area contributed by atoms with Crippen LogP contribution in [0.4, 0.5) is 0 Å². The summed E-state index contributed by atoms with van der Waals surface area (Å²) < 4.78 is 11.1. The van der Waals surface area contributed by atoms with Crippen LogP contribution in [-0.4, -0.2) is 25.8 Å². The molecule has 1 aliphatic rings. The second kappa shape index (κ2) is 8.15. The zero-order valence-electron chi connectivity index (χ0n) is 12.7. The summed E-state index contributed by atoms with van der Waals surface area (Å²) in [7, 11) is 0. The van der Waals surface area contributed by atoms with Crippen LogP contribution in [0.1, 0.15) is 39.5 Å². The predicted molar refractivity (Wildman–Crippen MR) is 82.5 cm³/mol. The van der Waals surface area contributed by atoms with Crippen molar-refractivity contribution < 1.29 is 9.47 Å². The molecule has 112 valence electrons. The van der Waals surface area contributed by atoms with Crippen molar-refractivity contribution in [2.45, 2.75) is 45.6 Å². The fraction of sp³-hybridized carbons (Fsp3) is 0.647. The fourth-order valence-electron chi connectivity index (χ4n) is 2.69. The molecule has 1 aromatic carbocycles. The largest absolute Gasteiger partial charge is 0.494 e. The summed E-state index contributed by atoms with van der Waals surface area (Å²) in [6.45, 7) is 6.68. The van der Waals surface area contributed by atoms with E-state index in [-0.39, 0.29) is 0 Å². The number of hydrogen-bond donors (Lipinski definition) is 1. The van der Waals surface area contributed by atoms with Crippen LogP contribution in [0, 0.1) is 5.92 Å². The van der Waals surface area contributed by atoms with E-state index in [1.165, 1.54) is 25.7 Å². The van der Waals surface area contributed by atoms with E-state index in [0.29, 0.717) is 12.6 Å². The molecule has 0 aliphatic heterocycles. The van der Waals surface area contributed by atoms with E-state index in [9.17, 15) is 0 Å². The Kier molecular flexibility index (Phi) is 6.19. The highest BCUT2D eigenvalue weighted by Crippen LogP contribution is 2.23. The van der Waals surface area contributed by atoms with Gasteiger partial charge in [0.15, 0.2) is 0 Å². The minimum absolute atomic E-state index is 0.690. The van der Waals surface area contributed by atoms with E-state index in [4.69, 9.17) is 9.47 Å². The average Bonchev–Trinajstić information content (AvgIpc) is 2.47.